The second-order valence-electron chi connectivity index (χ2n) is 11.6. The normalized spacial score (nSPS) is 13.6. The van der Waals surface area contributed by atoms with Crippen LogP contribution in [0.3, 0.4) is 0 Å². The van der Waals surface area contributed by atoms with Crippen molar-refractivity contribution in [2.75, 3.05) is 44.6 Å². The van der Waals surface area contributed by atoms with E-state index in [0.29, 0.717) is 59.7 Å². The van der Waals surface area contributed by atoms with E-state index in [-0.39, 0.29) is 24.6 Å². The number of aryl methyl sites for hydroxylation is 1. The summed E-state index contributed by atoms with van der Waals surface area (Å²) in [5, 5.41) is 5.38. The van der Waals surface area contributed by atoms with Crippen molar-refractivity contribution in [1.82, 2.24) is 20.1 Å². The van der Waals surface area contributed by atoms with Crippen molar-refractivity contribution < 1.29 is 33.0 Å². The van der Waals surface area contributed by atoms with E-state index < -0.39 is 29.5 Å². The summed E-state index contributed by atoms with van der Waals surface area (Å²) >= 11 is 0. The van der Waals surface area contributed by atoms with Gasteiger partial charge >= 0.3 is 12.2 Å². The molecule has 12 heteroatoms. The van der Waals surface area contributed by atoms with Gasteiger partial charge in [-0.2, -0.15) is 0 Å². The van der Waals surface area contributed by atoms with Crippen molar-refractivity contribution in [3.05, 3.63) is 52.1 Å². The average Bonchev–Trinajstić information content (AvgIpc) is 3.40. The lowest BCUT2D eigenvalue weighted by Gasteiger charge is -2.25. The van der Waals surface area contributed by atoms with Crippen molar-refractivity contribution in [3.63, 3.8) is 0 Å². The van der Waals surface area contributed by atoms with Gasteiger partial charge in [0.2, 0.25) is 0 Å². The summed E-state index contributed by atoms with van der Waals surface area (Å²) in [6.07, 6.45) is 1.34. The number of carbonyl (C=O) groups excluding carboxylic acids is 4. The molecule has 44 heavy (non-hydrogen) atoms. The topological polar surface area (TPSA) is 133 Å². The standard InChI is InChI=1S/C32H44FN5O6/c1-8-37(9-2)15-16-38(31(42)43-17-11-10-14-34-30(41)44-32(5,6)7)29(40)27-20(3)26(35-21(27)4)19-24-23-18-22(33)12-13-25(23)36-28(24)39/h12-13,18-19,35H,8-11,14-17H2,1-7H3,(H,34,41)(H,36,39)/b24-19-. The summed E-state index contributed by atoms with van der Waals surface area (Å²) in [7, 11) is 0. The highest BCUT2D eigenvalue weighted by atomic mass is 19.1. The molecule has 2 aromatic rings. The van der Waals surface area contributed by atoms with Crippen molar-refractivity contribution in [2.24, 2.45) is 0 Å². The maximum atomic E-state index is 13.9. The molecule has 240 valence electrons. The number of benzene rings is 1. The van der Waals surface area contributed by atoms with Gasteiger partial charge in [0.15, 0.2) is 0 Å². The third-order valence-corrected chi connectivity index (χ3v) is 7.21. The van der Waals surface area contributed by atoms with Crippen molar-refractivity contribution >= 4 is 41.3 Å². The number of unbranched alkanes of at least 4 members (excludes halogenated alkanes) is 1. The molecular weight excluding hydrogens is 569 g/mol. The third-order valence-electron chi connectivity index (χ3n) is 7.21. The molecule has 1 aromatic carbocycles. The van der Waals surface area contributed by atoms with E-state index in [4.69, 9.17) is 9.47 Å². The number of H-pyrrole nitrogens is 1. The number of imide groups is 1. The molecule has 0 saturated carbocycles. The van der Waals surface area contributed by atoms with Crippen LogP contribution in [-0.2, 0) is 14.3 Å². The van der Waals surface area contributed by atoms with Crippen molar-refractivity contribution in [2.45, 2.75) is 66.9 Å². The number of aromatic nitrogens is 1. The zero-order valence-electron chi connectivity index (χ0n) is 26.7. The Balaban J connectivity index is 1.74. The Hall–Kier alpha value is -4.19. The molecule has 3 N–H and O–H groups in total. The highest BCUT2D eigenvalue weighted by molar-refractivity contribution is 6.35. The summed E-state index contributed by atoms with van der Waals surface area (Å²) in [6, 6.07) is 4.06. The van der Waals surface area contributed by atoms with E-state index in [1.54, 1.807) is 40.7 Å². The number of fused-ring (bicyclic) bond motifs is 1. The van der Waals surface area contributed by atoms with Crippen LogP contribution in [0.2, 0.25) is 0 Å². The van der Waals surface area contributed by atoms with Gasteiger partial charge in [0.05, 0.1) is 17.7 Å². The lowest BCUT2D eigenvalue weighted by Crippen LogP contribution is -2.43. The molecule has 1 aliphatic rings. The Labute approximate surface area is 258 Å². The van der Waals surface area contributed by atoms with Gasteiger partial charge in [-0.05, 0) is 90.4 Å². The fourth-order valence-electron chi connectivity index (χ4n) is 4.85. The predicted octanol–water partition coefficient (Wildman–Crippen LogP) is 5.49. The molecule has 0 aliphatic carbocycles. The molecule has 1 aromatic heterocycles. The Kier molecular flexibility index (Phi) is 11.7. The molecule has 1 aliphatic heterocycles. The van der Waals surface area contributed by atoms with Gasteiger partial charge < -0.3 is 30.0 Å². The number of hydrogen-bond acceptors (Lipinski definition) is 7. The summed E-state index contributed by atoms with van der Waals surface area (Å²) in [5.41, 5.74) is 2.48. The minimum atomic E-state index is -0.762. The molecule has 0 bridgehead atoms. The van der Waals surface area contributed by atoms with Gasteiger partial charge in [0.1, 0.15) is 11.4 Å². The Morgan fingerprint density at radius 3 is 2.43 bits per heavy atom. The molecular formula is C32H44FN5O6. The van der Waals surface area contributed by atoms with Gasteiger partial charge in [-0.3, -0.25) is 9.59 Å². The van der Waals surface area contributed by atoms with Gasteiger partial charge in [-0.1, -0.05) is 13.8 Å². The number of nitrogens with one attached hydrogen (secondary N) is 3. The number of amides is 4. The van der Waals surface area contributed by atoms with E-state index in [0.717, 1.165) is 18.0 Å². The maximum Gasteiger partial charge on any atom is 0.416 e. The van der Waals surface area contributed by atoms with Crippen LogP contribution in [0.5, 0.6) is 0 Å². The Morgan fingerprint density at radius 1 is 1.07 bits per heavy atom. The van der Waals surface area contributed by atoms with Crippen LogP contribution in [-0.4, -0.2) is 83.7 Å². The number of ether oxygens (including phenoxy) is 2. The summed E-state index contributed by atoms with van der Waals surface area (Å²) in [6.45, 7) is 15.3. The lowest BCUT2D eigenvalue weighted by molar-refractivity contribution is -0.110. The first-order chi connectivity index (χ1) is 20.7. The second kappa shape index (κ2) is 15.0. The maximum absolute atomic E-state index is 13.9. The molecule has 0 atom stereocenters. The molecule has 0 unspecified atom stereocenters. The number of carbonyl (C=O) groups is 4. The van der Waals surface area contributed by atoms with Gasteiger partial charge in [-0.25, -0.2) is 18.9 Å². The fraction of sp³-hybridized carbons (Fsp3) is 0.500. The number of rotatable bonds is 12. The first-order valence-electron chi connectivity index (χ1n) is 15.0. The highest BCUT2D eigenvalue weighted by Gasteiger charge is 2.30. The van der Waals surface area contributed by atoms with Crippen LogP contribution in [0.4, 0.5) is 19.7 Å². The quantitative estimate of drug-likeness (QED) is 0.213. The largest absolute Gasteiger partial charge is 0.449 e. The van der Waals surface area contributed by atoms with Crippen LogP contribution in [0.15, 0.2) is 18.2 Å². The van der Waals surface area contributed by atoms with E-state index in [9.17, 15) is 23.6 Å². The smallest absolute Gasteiger partial charge is 0.416 e. The molecule has 0 spiro atoms. The minimum Gasteiger partial charge on any atom is -0.449 e. The number of anilines is 1. The number of hydrogen-bond donors (Lipinski definition) is 3. The molecule has 4 amide bonds. The average molecular weight is 614 g/mol. The van der Waals surface area contributed by atoms with Gasteiger partial charge in [0, 0.05) is 42.3 Å². The van der Waals surface area contributed by atoms with E-state index in [1.165, 1.54) is 18.2 Å². The molecule has 11 nitrogen and oxygen atoms in total. The number of halogens is 1. The monoisotopic (exact) mass is 613 g/mol. The molecule has 0 fully saturated rings. The van der Waals surface area contributed by atoms with Crippen LogP contribution in [0.1, 0.15) is 80.3 Å². The van der Waals surface area contributed by atoms with Gasteiger partial charge in [-0.15, -0.1) is 0 Å². The Bertz CT molecular complexity index is 1410. The van der Waals surface area contributed by atoms with Gasteiger partial charge in [0.25, 0.3) is 11.8 Å². The molecule has 3 rings (SSSR count). The van der Waals surface area contributed by atoms with Crippen molar-refractivity contribution in [1.29, 1.82) is 0 Å². The SMILES string of the molecule is CCN(CC)CCN(C(=O)OCCCCNC(=O)OC(C)(C)C)C(=O)c1c(C)[nH]c(/C=C2\C(=O)Nc3ccc(F)cc32)c1C. The molecule has 2 heterocycles. The fourth-order valence-corrected chi connectivity index (χ4v) is 4.85. The molecule has 0 radical (unpaired) electrons. The predicted molar refractivity (Wildman–Crippen MR) is 167 cm³/mol. The third kappa shape index (κ3) is 8.91. The van der Waals surface area contributed by atoms with Crippen molar-refractivity contribution in [3.8, 4) is 0 Å². The summed E-state index contributed by atoms with van der Waals surface area (Å²) in [5.74, 6) is -1.37. The first-order valence-corrected chi connectivity index (χ1v) is 15.0. The minimum absolute atomic E-state index is 0.0669. The van der Waals surface area contributed by atoms with E-state index in [2.05, 4.69) is 20.5 Å². The highest BCUT2D eigenvalue weighted by Crippen LogP contribution is 2.34. The lowest BCUT2D eigenvalue weighted by atomic mass is 10.0. The van der Waals surface area contributed by atoms with Crippen LogP contribution >= 0.6 is 0 Å². The Morgan fingerprint density at radius 2 is 1.77 bits per heavy atom. The van der Waals surface area contributed by atoms with Crippen LogP contribution in [0, 0.1) is 19.7 Å². The zero-order valence-corrected chi connectivity index (χ0v) is 26.7. The van der Waals surface area contributed by atoms with E-state index in [1.807, 2.05) is 13.8 Å². The second-order valence-corrected chi connectivity index (χ2v) is 11.6. The zero-order chi connectivity index (χ0) is 32.6. The summed E-state index contributed by atoms with van der Waals surface area (Å²) < 4.78 is 24.6. The number of alkyl carbamates (subject to hydrolysis) is 1. The summed E-state index contributed by atoms with van der Waals surface area (Å²) in [4.78, 5) is 57.9. The number of nitrogens with zero attached hydrogens (tertiary/aromatic N) is 2. The van der Waals surface area contributed by atoms with Crippen LogP contribution in [0.25, 0.3) is 11.6 Å². The first kappa shape index (κ1) is 34.3. The van der Waals surface area contributed by atoms with E-state index >= 15 is 0 Å². The van der Waals surface area contributed by atoms with Crippen LogP contribution < -0.4 is 10.6 Å². The molecule has 0 saturated heterocycles. The number of likely N-dealkylation sites (N-methyl/N-ethyl adjacent to an activating group) is 1. The number of aromatic amines is 1.